The Kier molecular flexibility index (Phi) is 3.36. The number of aromatic nitrogens is 1. The Balaban J connectivity index is 2.15. The average Bonchev–Trinajstić information content (AvgIpc) is 2.73. The molecule has 2 N–H and O–H groups in total. The Labute approximate surface area is 94.1 Å². The molecule has 86 valence electrons. The smallest absolute Gasteiger partial charge is 0.207 e. The number of nitrogens with one attached hydrogen (secondary N) is 1. The lowest BCUT2D eigenvalue weighted by molar-refractivity contribution is -0.109. The van der Waals surface area contributed by atoms with Crippen molar-refractivity contribution in [1.82, 2.24) is 10.3 Å². The molecule has 1 fully saturated rings. The Morgan fingerprint density at radius 1 is 1.69 bits per heavy atom. The summed E-state index contributed by atoms with van der Waals surface area (Å²) >= 11 is 0. The molecule has 1 aromatic heterocycles. The summed E-state index contributed by atoms with van der Waals surface area (Å²) in [7, 11) is 0. The number of carbonyl (C=O) groups is 1. The molecular formula is C11H15N3O2. The van der Waals surface area contributed by atoms with Crippen LogP contribution in [-0.4, -0.2) is 35.7 Å². The molecule has 2 rings (SSSR count). The van der Waals surface area contributed by atoms with Gasteiger partial charge >= 0.3 is 0 Å². The van der Waals surface area contributed by atoms with E-state index in [0.717, 1.165) is 24.3 Å². The van der Waals surface area contributed by atoms with E-state index in [9.17, 15) is 9.90 Å². The first-order chi connectivity index (χ1) is 7.81. The monoisotopic (exact) mass is 221 g/mol. The summed E-state index contributed by atoms with van der Waals surface area (Å²) < 4.78 is 0. The van der Waals surface area contributed by atoms with Gasteiger partial charge < -0.3 is 15.3 Å². The first-order valence-corrected chi connectivity index (χ1v) is 5.35. The van der Waals surface area contributed by atoms with Crippen molar-refractivity contribution in [3.63, 3.8) is 0 Å². The molecule has 5 heteroatoms. The van der Waals surface area contributed by atoms with Crippen LogP contribution in [0, 0.1) is 0 Å². The maximum atomic E-state index is 10.3. The van der Waals surface area contributed by atoms with Crippen LogP contribution in [0.2, 0.25) is 0 Å². The molecule has 1 amide bonds. The largest absolute Gasteiger partial charge is 0.391 e. The van der Waals surface area contributed by atoms with Crippen LogP contribution in [0.4, 0.5) is 5.82 Å². The second-order valence-electron chi connectivity index (χ2n) is 3.87. The van der Waals surface area contributed by atoms with Gasteiger partial charge in [-0.3, -0.25) is 4.79 Å². The Morgan fingerprint density at radius 3 is 3.25 bits per heavy atom. The van der Waals surface area contributed by atoms with Gasteiger partial charge in [0, 0.05) is 31.4 Å². The van der Waals surface area contributed by atoms with Gasteiger partial charge in [-0.15, -0.1) is 0 Å². The predicted octanol–water partition coefficient (Wildman–Crippen LogP) is -0.101. The lowest BCUT2D eigenvalue weighted by Gasteiger charge is -2.19. The van der Waals surface area contributed by atoms with Crippen LogP contribution < -0.4 is 10.2 Å². The number of amides is 1. The van der Waals surface area contributed by atoms with Crippen LogP contribution in [0.5, 0.6) is 0 Å². The molecule has 1 aromatic rings. The predicted molar refractivity (Wildman–Crippen MR) is 60.0 cm³/mol. The zero-order chi connectivity index (χ0) is 11.4. The third kappa shape index (κ3) is 2.30. The van der Waals surface area contributed by atoms with E-state index in [-0.39, 0.29) is 6.10 Å². The Hall–Kier alpha value is -1.62. The SMILES string of the molecule is O=CNCc1cccnc1N1CCC(O)C1. The van der Waals surface area contributed by atoms with E-state index in [4.69, 9.17) is 0 Å². The van der Waals surface area contributed by atoms with E-state index in [1.54, 1.807) is 6.20 Å². The highest BCUT2D eigenvalue weighted by atomic mass is 16.3. The highest BCUT2D eigenvalue weighted by molar-refractivity contribution is 5.51. The number of aliphatic hydroxyl groups excluding tert-OH is 1. The van der Waals surface area contributed by atoms with E-state index in [1.165, 1.54) is 0 Å². The topological polar surface area (TPSA) is 65.5 Å². The number of anilines is 1. The first kappa shape index (κ1) is 10.9. The average molecular weight is 221 g/mol. The van der Waals surface area contributed by atoms with Crippen LogP contribution in [0.25, 0.3) is 0 Å². The van der Waals surface area contributed by atoms with Crippen molar-refractivity contribution in [1.29, 1.82) is 0 Å². The molecule has 1 aliphatic rings. The molecule has 0 bridgehead atoms. The van der Waals surface area contributed by atoms with E-state index in [2.05, 4.69) is 10.3 Å². The number of hydrogen-bond donors (Lipinski definition) is 2. The second kappa shape index (κ2) is 4.94. The van der Waals surface area contributed by atoms with Crippen LogP contribution in [0.15, 0.2) is 18.3 Å². The Morgan fingerprint density at radius 2 is 2.56 bits per heavy atom. The van der Waals surface area contributed by atoms with E-state index < -0.39 is 0 Å². The van der Waals surface area contributed by atoms with Gasteiger partial charge in [-0.2, -0.15) is 0 Å². The van der Waals surface area contributed by atoms with Gasteiger partial charge in [0.2, 0.25) is 6.41 Å². The minimum atomic E-state index is -0.270. The number of carbonyl (C=O) groups excluding carboxylic acids is 1. The Bertz CT molecular complexity index is 370. The van der Waals surface area contributed by atoms with Gasteiger partial charge in [-0.1, -0.05) is 6.07 Å². The fraction of sp³-hybridized carbons (Fsp3) is 0.455. The molecule has 1 aliphatic heterocycles. The van der Waals surface area contributed by atoms with Crippen molar-refractivity contribution in [3.05, 3.63) is 23.9 Å². The van der Waals surface area contributed by atoms with Crippen LogP contribution in [-0.2, 0) is 11.3 Å². The van der Waals surface area contributed by atoms with E-state index in [0.29, 0.717) is 19.5 Å². The van der Waals surface area contributed by atoms with E-state index in [1.807, 2.05) is 17.0 Å². The molecule has 1 saturated heterocycles. The first-order valence-electron chi connectivity index (χ1n) is 5.35. The van der Waals surface area contributed by atoms with Gasteiger partial charge in [-0.25, -0.2) is 4.98 Å². The van der Waals surface area contributed by atoms with Gasteiger partial charge in [0.15, 0.2) is 0 Å². The minimum absolute atomic E-state index is 0.270. The lowest BCUT2D eigenvalue weighted by Crippen LogP contribution is -2.24. The number of pyridine rings is 1. The van der Waals surface area contributed by atoms with Crippen LogP contribution in [0.3, 0.4) is 0 Å². The molecule has 0 saturated carbocycles. The zero-order valence-corrected chi connectivity index (χ0v) is 8.97. The molecule has 1 atom stereocenters. The quantitative estimate of drug-likeness (QED) is 0.697. The fourth-order valence-electron chi connectivity index (χ4n) is 1.94. The summed E-state index contributed by atoms with van der Waals surface area (Å²) in [4.78, 5) is 16.6. The normalized spacial score (nSPS) is 19.8. The maximum absolute atomic E-state index is 10.3. The summed E-state index contributed by atoms with van der Waals surface area (Å²) in [6.45, 7) is 1.90. The van der Waals surface area contributed by atoms with Crippen LogP contribution in [0.1, 0.15) is 12.0 Å². The third-order valence-electron chi connectivity index (χ3n) is 2.71. The van der Waals surface area contributed by atoms with E-state index >= 15 is 0 Å². The summed E-state index contributed by atoms with van der Waals surface area (Å²) in [5.41, 5.74) is 0.976. The highest BCUT2D eigenvalue weighted by Gasteiger charge is 2.22. The molecule has 0 aliphatic carbocycles. The number of aliphatic hydroxyl groups is 1. The summed E-state index contributed by atoms with van der Waals surface area (Å²) in [5, 5.41) is 12.1. The standard InChI is InChI=1S/C11H15N3O2/c15-8-12-6-9-2-1-4-13-11(9)14-5-3-10(16)7-14/h1-2,4,8,10,16H,3,5-7H2,(H,12,15). The van der Waals surface area contributed by atoms with Gasteiger partial charge in [0.25, 0.3) is 0 Å². The highest BCUT2D eigenvalue weighted by Crippen LogP contribution is 2.21. The number of hydrogen-bond acceptors (Lipinski definition) is 4. The van der Waals surface area contributed by atoms with Crippen LogP contribution >= 0.6 is 0 Å². The van der Waals surface area contributed by atoms with Crippen molar-refractivity contribution >= 4 is 12.2 Å². The minimum Gasteiger partial charge on any atom is -0.391 e. The van der Waals surface area contributed by atoms with Crippen molar-refractivity contribution in [2.45, 2.75) is 19.1 Å². The molecule has 16 heavy (non-hydrogen) atoms. The third-order valence-corrected chi connectivity index (χ3v) is 2.71. The summed E-state index contributed by atoms with van der Waals surface area (Å²) in [6, 6.07) is 3.78. The van der Waals surface area contributed by atoms with Crippen molar-refractivity contribution in [2.75, 3.05) is 18.0 Å². The lowest BCUT2D eigenvalue weighted by atomic mass is 10.2. The molecular weight excluding hydrogens is 206 g/mol. The molecule has 0 aromatic carbocycles. The van der Waals surface area contributed by atoms with Gasteiger partial charge in [0.05, 0.1) is 6.10 Å². The molecule has 0 spiro atoms. The number of rotatable bonds is 4. The molecule has 1 unspecified atom stereocenters. The molecule has 2 heterocycles. The van der Waals surface area contributed by atoms with Crippen molar-refractivity contribution < 1.29 is 9.90 Å². The fourth-order valence-corrected chi connectivity index (χ4v) is 1.94. The molecule has 5 nitrogen and oxygen atoms in total. The van der Waals surface area contributed by atoms with Gasteiger partial charge in [0.1, 0.15) is 5.82 Å². The van der Waals surface area contributed by atoms with Crippen molar-refractivity contribution in [3.8, 4) is 0 Å². The second-order valence-corrected chi connectivity index (χ2v) is 3.87. The van der Waals surface area contributed by atoms with Crippen molar-refractivity contribution in [2.24, 2.45) is 0 Å². The summed E-state index contributed by atoms with van der Waals surface area (Å²) in [6.07, 6.45) is 2.91. The maximum Gasteiger partial charge on any atom is 0.207 e. The number of nitrogens with zero attached hydrogens (tertiary/aromatic N) is 2. The molecule has 0 radical (unpaired) electrons. The van der Waals surface area contributed by atoms with Gasteiger partial charge in [-0.05, 0) is 12.5 Å². The zero-order valence-electron chi connectivity index (χ0n) is 8.97. The number of β-amino-alcohol motifs (C(OH)–C–C–N with tert-alkyl or cyclic N) is 1. The summed E-state index contributed by atoms with van der Waals surface area (Å²) in [5.74, 6) is 0.855.